The fraction of sp³-hybridized carbons (Fsp3) is 0.263. The van der Waals surface area contributed by atoms with Crippen LogP contribution in [0, 0.1) is 0 Å². The molecule has 2 N–H and O–H groups in total. The zero-order valence-corrected chi connectivity index (χ0v) is 14.0. The highest BCUT2D eigenvalue weighted by atomic mass is 16.3. The molecule has 0 aliphatic carbocycles. The Morgan fingerprint density at radius 2 is 1.96 bits per heavy atom. The van der Waals surface area contributed by atoms with Gasteiger partial charge in [0.15, 0.2) is 0 Å². The first-order valence-electron chi connectivity index (χ1n) is 7.85. The van der Waals surface area contributed by atoms with Gasteiger partial charge in [-0.05, 0) is 31.5 Å². The molecule has 0 aliphatic heterocycles. The van der Waals surface area contributed by atoms with E-state index < -0.39 is 11.6 Å². The first-order chi connectivity index (χ1) is 11.4. The Bertz CT molecular complexity index is 869. The van der Waals surface area contributed by atoms with Crippen molar-refractivity contribution in [1.29, 1.82) is 0 Å². The molecule has 1 aromatic carbocycles. The van der Waals surface area contributed by atoms with E-state index in [-0.39, 0.29) is 5.91 Å². The Balaban J connectivity index is 1.81. The van der Waals surface area contributed by atoms with Crippen molar-refractivity contribution in [2.45, 2.75) is 25.5 Å². The van der Waals surface area contributed by atoms with E-state index in [1.165, 1.54) is 0 Å². The Hall–Kier alpha value is -2.66. The molecule has 0 fully saturated rings. The molecule has 3 aromatic rings. The van der Waals surface area contributed by atoms with Crippen molar-refractivity contribution in [3.05, 3.63) is 66.0 Å². The van der Waals surface area contributed by atoms with Crippen LogP contribution in [0.15, 0.2) is 54.9 Å². The lowest BCUT2D eigenvalue weighted by Crippen LogP contribution is -2.48. The number of nitrogens with zero attached hydrogens (tertiary/aromatic N) is 2. The maximum absolute atomic E-state index is 12.6. The average Bonchev–Trinajstić information content (AvgIpc) is 2.95. The number of pyridine rings is 1. The number of carbonyl (C=O) groups excluding carboxylic acids is 1. The molecule has 124 valence electrons. The lowest BCUT2D eigenvalue weighted by Gasteiger charge is -2.32. The number of hydrogen-bond donors (Lipinski definition) is 2. The summed E-state index contributed by atoms with van der Waals surface area (Å²) in [5, 5.41) is 14.4. The summed E-state index contributed by atoms with van der Waals surface area (Å²) in [7, 11) is 1.91. The molecule has 1 unspecified atom stereocenters. The summed E-state index contributed by atoms with van der Waals surface area (Å²) in [5.74, 6) is -0.256. The van der Waals surface area contributed by atoms with Gasteiger partial charge in [-0.25, -0.2) is 4.98 Å². The predicted octanol–water partition coefficient (Wildman–Crippen LogP) is 2.82. The van der Waals surface area contributed by atoms with Crippen LogP contribution in [0.1, 0.15) is 35.9 Å². The third kappa shape index (κ3) is 3.03. The number of carbonyl (C=O) groups is 1. The van der Waals surface area contributed by atoms with Gasteiger partial charge in [0.25, 0.3) is 5.91 Å². The SMILES string of the molecule is Cn1ccc2cc(C(=O)NC(C)(C)C(O)c3ccccc3)cnc21. The average molecular weight is 323 g/mol. The van der Waals surface area contributed by atoms with E-state index >= 15 is 0 Å². The number of aliphatic hydroxyl groups is 1. The van der Waals surface area contributed by atoms with E-state index in [9.17, 15) is 9.90 Å². The molecule has 0 saturated heterocycles. The van der Waals surface area contributed by atoms with Gasteiger partial charge in [0.05, 0.1) is 11.1 Å². The molecule has 5 nitrogen and oxygen atoms in total. The van der Waals surface area contributed by atoms with Gasteiger partial charge < -0.3 is 15.0 Å². The number of hydrogen-bond acceptors (Lipinski definition) is 3. The van der Waals surface area contributed by atoms with Gasteiger partial charge in [0, 0.05) is 24.8 Å². The summed E-state index contributed by atoms with van der Waals surface area (Å²) < 4.78 is 1.90. The molecule has 0 bridgehead atoms. The number of aromatic nitrogens is 2. The van der Waals surface area contributed by atoms with Crippen LogP contribution in [0.4, 0.5) is 0 Å². The second-order valence-corrected chi connectivity index (χ2v) is 6.55. The monoisotopic (exact) mass is 323 g/mol. The van der Waals surface area contributed by atoms with Gasteiger partial charge in [-0.2, -0.15) is 0 Å². The maximum atomic E-state index is 12.6. The molecule has 24 heavy (non-hydrogen) atoms. The quantitative estimate of drug-likeness (QED) is 0.776. The normalized spacial score (nSPS) is 13.0. The fourth-order valence-corrected chi connectivity index (χ4v) is 2.76. The molecule has 2 heterocycles. The number of aryl methyl sites for hydroxylation is 1. The zero-order valence-electron chi connectivity index (χ0n) is 14.0. The van der Waals surface area contributed by atoms with Crippen molar-refractivity contribution in [1.82, 2.24) is 14.9 Å². The minimum absolute atomic E-state index is 0.256. The van der Waals surface area contributed by atoms with Crippen LogP contribution in [0.25, 0.3) is 11.0 Å². The summed E-state index contributed by atoms with van der Waals surface area (Å²) in [6, 6.07) is 13.0. The molecule has 0 saturated carbocycles. The zero-order chi connectivity index (χ0) is 17.3. The summed E-state index contributed by atoms with van der Waals surface area (Å²) in [6.45, 7) is 3.61. The van der Waals surface area contributed by atoms with Gasteiger partial charge in [-0.1, -0.05) is 30.3 Å². The Morgan fingerprint density at radius 3 is 2.67 bits per heavy atom. The minimum atomic E-state index is -0.815. The van der Waals surface area contributed by atoms with Crippen molar-refractivity contribution in [3.8, 4) is 0 Å². The van der Waals surface area contributed by atoms with Crippen LogP contribution in [0.3, 0.4) is 0 Å². The molecule has 1 amide bonds. The molecular weight excluding hydrogens is 302 g/mol. The van der Waals surface area contributed by atoms with E-state index in [1.807, 2.05) is 60.3 Å². The van der Waals surface area contributed by atoms with E-state index in [2.05, 4.69) is 10.3 Å². The number of nitrogens with one attached hydrogen (secondary N) is 1. The third-order valence-electron chi connectivity index (χ3n) is 4.20. The fourth-order valence-electron chi connectivity index (χ4n) is 2.76. The van der Waals surface area contributed by atoms with Crippen molar-refractivity contribution in [2.24, 2.45) is 7.05 Å². The molecular formula is C19H21N3O2. The first kappa shape index (κ1) is 16.2. The molecule has 1 atom stereocenters. The van der Waals surface area contributed by atoms with Gasteiger partial charge >= 0.3 is 0 Å². The number of amides is 1. The Labute approximate surface area is 141 Å². The van der Waals surface area contributed by atoms with Crippen LogP contribution < -0.4 is 5.32 Å². The first-order valence-corrected chi connectivity index (χ1v) is 7.85. The largest absolute Gasteiger partial charge is 0.386 e. The molecule has 0 spiro atoms. The Morgan fingerprint density at radius 1 is 1.25 bits per heavy atom. The second-order valence-electron chi connectivity index (χ2n) is 6.55. The topological polar surface area (TPSA) is 67.2 Å². The lowest BCUT2D eigenvalue weighted by atomic mass is 9.91. The standard InChI is InChI=1S/C19H21N3O2/c1-19(2,16(23)13-7-5-4-6-8-13)21-18(24)15-11-14-9-10-22(3)17(14)20-12-15/h4-12,16,23H,1-3H3,(H,21,24). The second kappa shape index (κ2) is 6.09. The number of benzene rings is 1. The number of fused-ring (bicyclic) bond motifs is 1. The van der Waals surface area contributed by atoms with E-state index in [4.69, 9.17) is 0 Å². The minimum Gasteiger partial charge on any atom is -0.386 e. The lowest BCUT2D eigenvalue weighted by molar-refractivity contribution is 0.0634. The van der Waals surface area contributed by atoms with E-state index in [0.717, 1.165) is 16.6 Å². The van der Waals surface area contributed by atoms with Crippen molar-refractivity contribution >= 4 is 16.9 Å². The van der Waals surface area contributed by atoms with Crippen molar-refractivity contribution in [2.75, 3.05) is 0 Å². The summed E-state index contributed by atoms with van der Waals surface area (Å²) in [5.41, 5.74) is 1.25. The van der Waals surface area contributed by atoms with Crippen LogP contribution in [0.5, 0.6) is 0 Å². The third-order valence-corrected chi connectivity index (χ3v) is 4.20. The Kier molecular flexibility index (Phi) is 4.11. The molecule has 2 aromatic heterocycles. The van der Waals surface area contributed by atoms with Gasteiger partial charge in [-0.15, -0.1) is 0 Å². The molecule has 5 heteroatoms. The predicted molar refractivity (Wildman–Crippen MR) is 93.7 cm³/mol. The summed E-state index contributed by atoms with van der Waals surface area (Å²) in [4.78, 5) is 16.9. The highest BCUT2D eigenvalue weighted by Crippen LogP contribution is 2.25. The number of rotatable bonds is 4. The van der Waals surface area contributed by atoms with Gasteiger partial charge in [0.1, 0.15) is 11.8 Å². The maximum Gasteiger partial charge on any atom is 0.253 e. The highest BCUT2D eigenvalue weighted by Gasteiger charge is 2.31. The van der Waals surface area contributed by atoms with Crippen LogP contribution >= 0.6 is 0 Å². The summed E-state index contributed by atoms with van der Waals surface area (Å²) >= 11 is 0. The van der Waals surface area contributed by atoms with Crippen molar-refractivity contribution < 1.29 is 9.90 Å². The van der Waals surface area contributed by atoms with Crippen LogP contribution in [0.2, 0.25) is 0 Å². The van der Waals surface area contributed by atoms with E-state index in [1.54, 1.807) is 20.0 Å². The number of aliphatic hydroxyl groups excluding tert-OH is 1. The molecule has 0 aliphatic rings. The molecule has 3 rings (SSSR count). The van der Waals surface area contributed by atoms with Gasteiger partial charge in [-0.3, -0.25) is 4.79 Å². The smallest absolute Gasteiger partial charge is 0.253 e. The highest BCUT2D eigenvalue weighted by molar-refractivity contribution is 5.97. The summed E-state index contributed by atoms with van der Waals surface area (Å²) in [6.07, 6.45) is 2.65. The van der Waals surface area contributed by atoms with Crippen LogP contribution in [-0.2, 0) is 7.05 Å². The molecule has 0 radical (unpaired) electrons. The van der Waals surface area contributed by atoms with E-state index in [0.29, 0.717) is 5.56 Å². The van der Waals surface area contributed by atoms with Crippen LogP contribution in [-0.4, -0.2) is 26.1 Å². The van der Waals surface area contributed by atoms with Crippen molar-refractivity contribution in [3.63, 3.8) is 0 Å². The van der Waals surface area contributed by atoms with Gasteiger partial charge in [0.2, 0.25) is 0 Å².